The first-order valence-corrected chi connectivity index (χ1v) is 10.0. The largest absolute Gasteiger partial charge is 0.490 e. The van der Waals surface area contributed by atoms with E-state index in [4.69, 9.17) is 10.5 Å². The van der Waals surface area contributed by atoms with E-state index in [1.165, 1.54) is 12.8 Å². The monoisotopic (exact) mass is 373 g/mol. The molecule has 144 valence electrons. The molecule has 0 spiro atoms. The summed E-state index contributed by atoms with van der Waals surface area (Å²) < 4.78 is 6.41. The predicted octanol–water partition coefficient (Wildman–Crippen LogP) is 5.31. The van der Waals surface area contributed by atoms with Gasteiger partial charge in [-0.2, -0.15) is 0 Å². The highest BCUT2D eigenvalue weighted by Gasteiger charge is 2.22. The second-order valence-electron chi connectivity index (χ2n) is 7.87. The molecule has 2 N–H and O–H groups in total. The van der Waals surface area contributed by atoms with Crippen LogP contribution in [0.3, 0.4) is 0 Å². The summed E-state index contributed by atoms with van der Waals surface area (Å²) in [6.07, 6.45) is 14.7. The van der Waals surface area contributed by atoms with Gasteiger partial charge >= 0.3 is 0 Å². The van der Waals surface area contributed by atoms with Gasteiger partial charge < -0.3 is 10.5 Å². The zero-order valence-electron chi connectivity index (χ0n) is 16.3. The maximum absolute atomic E-state index is 6.41. The van der Waals surface area contributed by atoms with Gasteiger partial charge in [0.15, 0.2) is 0 Å². The molecule has 1 atom stereocenters. The summed E-state index contributed by atoms with van der Waals surface area (Å²) in [6.45, 7) is 6.58. The highest BCUT2D eigenvalue weighted by molar-refractivity contribution is 5.81. The second kappa shape index (κ2) is 8.01. The van der Waals surface area contributed by atoms with Gasteiger partial charge in [0.05, 0.1) is 24.2 Å². The van der Waals surface area contributed by atoms with E-state index in [-0.39, 0.29) is 5.92 Å². The third-order valence-corrected chi connectivity index (χ3v) is 5.67. The summed E-state index contributed by atoms with van der Waals surface area (Å²) >= 11 is 0. The standard InChI is InChI=1S/C24H27N3O/c1-16-7-10-19(11-8-16)28-23-6-4-3-5-21(23)18-9-12-20(17(2)13-18)22-14-27-24(25)15-26-22/h3-6,9,12-16,19-20H,2,7-8,10-11H2,1H3,(H2,25,27). The average molecular weight is 374 g/mol. The number of hydrogen-bond acceptors (Lipinski definition) is 4. The molecule has 0 bridgehead atoms. The summed E-state index contributed by atoms with van der Waals surface area (Å²) in [4.78, 5) is 8.55. The Bertz CT molecular complexity index is 906. The van der Waals surface area contributed by atoms with Gasteiger partial charge in [0.2, 0.25) is 0 Å². The Morgan fingerprint density at radius 2 is 1.86 bits per heavy atom. The first-order valence-electron chi connectivity index (χ1n) is 10.0. The molecule has 28 heavy (non-hydrogen) atoms. The van der Waals surface area contributed by atoms with Crippen LogP contribution < -0.4 is 10.5 Å². The molecule has 1 heterocycles. The van der Waals surface area contributed by atoms with E-state index in [9.17, 15) is 0 Å². The second-order valence-corrected chi connectivity index (χ2v) is 7.87. The maximum atomic E-state index is 6.41. The average Bonchev–Trinajstić information content (AvgIpc) is 2.71. The Hall–Kier alpha value is -2.88. The fraction of sp³-hybridized carbons (Fsp3) is 0.333. The van der Waals surface area contributed by atoms with Gasteiger partial charge in [0.1, 0.15) is 11.6 Å². The topological polar surface area (TPSA) is 61.0 Å². The Morgan fingerprint density at radius 3 is 2.57 bits per heavy atom. The van der Waals surface area contributed by atoms with Gasteiger partial charge in [0.25, 0.3) is 0 Å². The lowest BCUT2D eigenvalue weighted by atomic mass is 9.87. The van der Waals surface area contributed by atoms with Crippen LogP contribution in [0.2, 0.25) is 0 Å². The molecule has 1 unspecified atom stereocenters. The van der Waals surface area contributed by atoms with Crippen LogP contribution in [0, 0.1) is 5.92 Å². The van der Waals surface area contributed by atoms with Crippen molar-refractivity contribution in [1.29, 1.82) is 0 Å². The van der Waals surface area contributed by atoms with E-state index >= 15 is 0 Å². The van der Waals surface area contributed by atoms with Crippen LogP contribution >= 0.6 is 0 Å². The van der Waals surface area contributed by atoms with E-state index in [0.29, 0.717) is 11.9 Å². The van der Waals surface area contributed by atoms with Gasteiger partial charge in [-0.1, -0.05) is 49.9 Å². The van der Waals surface area contributed by atoms with Crippen LogP contribution in [-0.4, -0.2) is 16.1 Å². The van der Waals surface area contributed by atoms with Gasteiger partial charge in [-0.05, 0) is 48.8 Å². The van der Waals surface area contributed by atoms with Gasteiger partial charge in [-0.15, -0.1) is 0 Å². The molecule has 0 amide bonds. The van der Waals surface area contributed by atoms with Gasteiger partial charge in [-0.25, -0.2) is 4.98 Å². The van der Waals surface area contributed by atoms with E-state index < -0.39 is 0 Å². The van der Waals surface area contributed by atoms with Crippen molar-refractivity contribution in [2.24, 2.45) is 5.92 Å². The van der Waals surface area contributed by atoms with Crippen molar-refractivity contribution >= 4 is 11.4 Å². The lowest BCUT2D eigenvalue weighted by molar-refractivity contribution is 0.135. The molecule has 2 aliphatic rings. The molecule has 1 fully saturated rings. The fourth-order valence-electron chi connectivity index (χ4n) is 3.96. The Kier molecular flexibility index (Phi) is 5.29. The molecule has 0 radical (unpaired) electrons. The summed E-state index contributed by atoms with van der Waals surface area (Å²) in [5, 5.41) is 0. The SMILES string of the molecule is C=C1C=C(c2ccccc2OC2CCC(C)CC2)C=CC1c1cnc(N)cn1. The van der Waals surface area contributed by atoms with E-state index in [2.05, 4.69) is 59.9 Å². The highest BCUT2D eigenvalue weighted by Crippen LogP contribution is 2.37. The minimum Gasteiger partial charge on any atom is -0.490 e. The lowest BCUT2D eigenvalue weighted by Crippen LogP contribution is -2.23. The van der Waals surface area contributed by atoms with Gasteiger partial charge in [0, 0.05) is 11.5 Å². The molecule has 0 saturated heterocycles. The molecule has 1 saturated carbocycles. The highest BCUT2D eigenvalue weighted by atomic mass is 16.5. The van der Waals surface area contributed by atoms with Crippen molar-refractivity contribution < 1.29 is 4.74 Å². The van der Waals surface area contributed by atoms with Crippen LogP contribution in [0.5, 0.6) is 5.75 Å². The maximum Gasteiger partial charge on any atom is 0.141 e. The number of anilines is 1. The molecular formula is C24H27N3O. The third-order valence-electron chi connectivity index (χ3n) is 5.67. The molecule has 4 heteroatoms. The Morgan fingerprint density at radius 1 is 1.07 bits per heavy atom. The number of nitrogens with zero attached hydrogens (tertiary/aromatic N) is 2. The number of nitrogen functional groups attached to an aromatic ring is 1. The molecule has 4 nitrogen and oxygen atoms in total. The van der Waals surface area contributed by atoms with Crippen LogP contribution in [0.25, 0.3) is 5.57 Å². The molecule has 0 aliphatic heterocycles. The van der Waals surface area contributed by atoms with Crippen molar-refractivity contribution in [1.82, 2.24) is 9.97 Å². The lowest BCUT2D eigenvalue weighted by Gasteiger charge is -2.28. The van der Waals surface area contributed by atoms with Crippen LogP contribution in [0.15, 0.2) is 67.0 Å². The zero-order chi connectivity index (χ0) is 19.5. The van der Waals surface area contributed by atoms with Crippen molar-refractivity contribution in [3.8, 4) is 5.75 Å². The van der Waals surface area contributed by atoms with E-state index in [1.54, 1.807) is 12.4 Å². The Labute approximate surface area is 166 Å². The number of hydrogen-bond donors (Lipinski definition) is 1. The normalized spacial score (nSPS) is 24.7. The summed E-state index contributed by atoms with van der Waals surface area (Å²) in [6, 6.07) is 8.29. The minimum absolute atomic E-state index is 0.0183. The molecule has 2 aromatic rings. The summed E-state index contributed by atoms with van der Waals surface area (Å²) in [7, 11) is 0. The first kappa shape index (κ1) is 18.5. The van der Waals surface area contributed by atoms with Crippen molar-refractivity contribution in [2.45, 2.75) is 44.6 Å². The van der Waals surface area contributed by atoms with Crippen molar-refractivity contribution in [3.63, 3.8) is 0 Å². The number of ether oxygens (including phenoxy) is 1. The van der Waals surface area contributed by atoms with Crippen LogP contribution in [0.1, 0.15) is 49.8 Å². The quantitative estimate of drug-likeness (QED) is 0.789. The Balaban J connectivity index is 1.54. The van der Waals surface area contributed by atoms with Gasteiger partial charge in [-0.3, -0.25) is 4.98 Å². The van der Waals surface area contributed by atoms with E-state index in [1.807, 2.05) is 6.07 Å². The zero-order valence-corrected chi connectivity index (χ0v) is 16.3. The summed E-state index contributed by atoms with van der Waals surface area (Å²) in [5.41, 5.74) is 9.71. The van der Waals surface area contributed by atoms with Crippen molar-refractivity contribution in [3.05, 3.63) is 78.3 Å². The molecular weight excluding hydrogens is 346 g/mol. The molecule has 1 aromatic carbocycles. The molecule has 4 rings (SSSR count). The fourth-order valence-corrected chi connectivity index (χ4v) is 3.96. The smallest absolute Gasteiger partial charge is 0.141 e. The number of allylic oxidation sites excluding steroid dienone is 5. The molecule has 1 aromatic heterocycles. The first-order chi connectivity index (χ1) is 13.6. The predicted molar refractivity (Wildman–Crippen MR) is 114 cm³/mol. The summed E-state index contributed by atoms with van der Waals surface area (Å²) in [5.74, 6) is 2.21. The molecule has 2 aliphatic carbocycles. The van der Waals surface area contributed by atoms with Crippen LogP contribution in [-0.2, 0) is 0 Å². The third kappa shape index (κ3) is 4.01. The number of rotatable bonds is 4. The number of para-hydroxylation sites is 1. The minimum atomic E-state index is 0.0183. The number of nitrogens with two attached hydrogens (primary N) is 1. The van der Waals surface area contributed by atoms with E-state index in [0.717, 1.165) is 46.9 Å². The number of aromatic nitrogens is 2. The van der Waals surface area contributed by atoms with Crippen LogP contribution in [0.4, 0.5) is 5.82 Å². The van der Waals surface area contributed by atoms with Crippen molar-refractivity contribution in [2.75, 3.05) is 5.73 Å². The number of benzene rings is 1.